The predicted molar refractivity (Wildman–Crippen MR) is 116 cm³/mol. The van der Waals surface area contributed by atoms with Crippen molar-refractivity contribution in [2.45, 2.75) is 39.7 Å². The Hall–Kier alpha value is -2.82. The molecule has 152 valence electrons. The molecule has 2 aliphatic heterocycles. The van der Waals surface area contributed by atoms with Crippen LogP contribution in [0.2, 0.25) is 0 Å². The normalized spacial score (nSPS) is 16.1. The van der Waals surface area contributed by atoms with Gasteiger partial charge >= 0.3 is 0 Å². The lowest BCUT2D eigenvalue weighted by atomic mass is 9.98. The van der Waals surface area contributed by atoms with Crippen molar-refractivity contribution in [1.82, 2.24) is 4.90 Å². The van der Waals surface area contributed by atoms with Crippen molar-refractivity contribution in [3.05, 3.63) is 59.2 Å². The molecule has 0 unspecified atom stereocenters. The molecule has 0 aliphatic carbocycles. The van der Waals surface area contributed by atoms with Crippen molar-refractivity contribution in [3.63, 3.8) is 0 Å². The summed E-state index contributed by atoms with van der Waals surface area (Å²) in [5.41, 5.74) is 5.03. The highest BCUT2D eigenvalue weighted by molar-refractivity contribution is 6.02. The van der Waals surface area contributed by atoms with E-state index in [0.717, 1.165) is 51.1 Å². The fourth-order valence-electron chi connectivity index (χ4n) is 4.14. The average Bonchev–Trinajstić information content (AvgIpc) is 3.27. The molecule has 1 N–H and O–H groups in total. The molecular formula is C24H29N3O2. The minimum atomic E-state index is -0.106. The third-order valence-electron chi connectivity index (χ3n) is 5.88. The largest absolute Gasteiger partial charge is 0.366 e. The Bertz CT molecular complexity index is 916. The summed E-state index contributed by atoms with van der Waals surface area (Å²) < 4.78 is 0. The summed E-state index contributed by atoms with van der Waals surface area (Å²) in [7, 11) is 0. The number of carbonyl (C=O) groups is 2. The van der Waals surface area contributed by atoms with E-state index < -0.39 is 0 Å². The predicted octanol–water partition coefficient (Wildman–Crippen LogP) is 4.08. The molecule has 29 heavy (non-hydrogen) atoms. The standard InChI is InChI=1S/C24H29N3O2/c1-17(2)23(28)25-20-9-10-22(21(15-20)24(29)26-12-5-6-13-26)27-14-11-18-7-3-4-8-19(18)16-27/h3-4,7-10,15,17H,5-6,11-14,16H2,1-2H3,(H,25,28). The highest BCUT2D eigenvalue weighted by Gasteiger charge is 2.26. The van der Waals surface area contributed by atoms with Gasteiger partial charge in [0.05, 0.1) is 5.56 Å². The van der Waals surface area contributed by atoms with Gasteiger partial charge in [0.1, 0.15) is 0 Å². The number of fused-ring (bicyclic) bond motifs is 1. The number of carbonyl (C=O) groups excluding carboxylic acids is 2. The van der Waals surface area contributed by atoms with E-state index in [1.807, 2.05) is 36.9 Å². The Kier molecular flexibility index (Phi) is 5.56. The van der Waals surface area contributed by atoms with Crippen molar-refractivity contribution < 1.29 is 9.59 Å². The van der Waals surface area contributed by atoms with Crippen molar-refractivity contribution in [2.24, 2.45) is 5.92 Å². The molecule has 2 heterocycles. The quantitative estimate of drug-likeness (QED) is 0.854. The van der Waals surface area contributed by atoms with Gasteiger partial charge in [0.15, 0.2) is 0 Å². The third kappa shape index (κ3) is 4.14. The number of nitrogens with one attached hydrogen (secondary N) is 1. The Morgan fingerprint density at radius 1 is 0.966 bits per heavy atom. The Labute approximate surface area is 172 Å². The number of likely N-dealkylation sites (tertiary alicyclic amines) is 1. The van der Waals surface area contributed by atoms with Crippen LogP contribution in [0.3, 0.4) is 0 Å². The Morgan fingerprint density at radius 3 is 2.41 bits per heavy atom. The molecule has 2 aliphatic rings. The molecular weight excluding hydrogens is 362 g/mol. The summed E-state index contributed by atoms with van der Waals surface area (Å²) in [5, 5.41) is 2.94. The zero-order chi connectivity index (χ0) is 20.4. The highest BCUT2D eigenvalue weighted by atomic mass is 16.2. The molecule has 0 aromatic heterocycles. The van der Waals surface area contributed by atoms with Gasteiger partial charge in [-0.1, -0.05) is 38.1 Å². The summed E-state index contributed by atoms with van der Waals surface area (Å²) >= 11 is 0. The number of hydrogen-bond acceptors (Lipinski definition) is 3. The van der Waals surface area contributed by atoms with Gasteiger partial charge in [0.25, 0.3) is 5.91 Å². The van der Waals surface area contributed by atoms with Crippen LogP contribution in [0.25, 0.3) is 0 Å². The molecule has 0 bridgehead atoms. The van der Waals surface area contributed by atoms with Gasteiger partial charge in [-0.25, -0.2) is 0 Å². The minimum absolute atomic E-state index is 0.0378. The first kappa shape index (κ1) is 19.5. The monoisotopic (exact) mass is 391 g/mol. The van der Waals surface area contributed by atoms with E-state index in [2.05, 4.69) is 34.5 Å². The molecule has 5 heteroatoms. The minimum Gasteiger partial charge on any atom is -0.366 e. The van der Waals surface area contributed by atoms with Crippen LogP contribution >= 0.6 is 0 Å². The van der Waals surface area contributed by atoms with Gasteiger partial charge in [-0.05, 0) is 48.6 Å². The maximum atomic E-state index is 13.3. The van der Waals surface area contributed by atoms with Gasteiger partial charge in [0, 0.05) is 43.5 Å². The molecule has 0 spiro atoms. The molecule has 1 fully saturated rings. The van der Waals surface area contributed by atoms with E-state index in [-0.39, 0.29) is 17.7 Å². The third-order valence-corrected chi connectivity index (χ3v) is 5.88. The molecule has 2 aromatic carbocycles. The van der Waals surface area contributed by atoms with Crippen molar-refractivity contribution in [1.29, 1.82) is 0 Å². The first-order chi connectivity index (χ1) is 14.0. The Morgan fingerprint density at radius 2 is 1.69 bits per heavy atom. The summed E-state index contributed by atoms with van der Waals surface area (Å²) in [6, 6.07) is 14.3. The zero-order valence-electron chi connectivity index (χ0n) is 17.3. The van der Waals surface area contributed by atoms with E-state index in [1.54, 1.807) is 0 Å². The molecule has 0 atom stereocenters. The van der Waals surface area contributed by atoms with Gasteiger partial charge in [0.2, 0.25) is 5.91 Å². The number of amides is 2. The van der Waals surface area contributed by atoms with Crippen molar-refractivity contribution in [3.8, 4) is 0 Å². The van der Waals surface area contributed by atoms with Crippen LogP contribution < -0.4 is 10.2 Å². The lowest BCUT2D eigenvalue weighted by Crippen LogP contribution is -2.34. The first-order valence-corrected chi connectivity index (χ1v) is 10.6. The van der Waals surface area contributed by atoms with Gasteiger partial charge in [-0.15, -0.1) is 0 Å². The Balaban J connectivity index is 1.67. The summed E-state index contributed by atoms with van der Waals surface area (Å²) in [4.78, 5) is 29.7. The van der Waals surface area contributed by atoms with E-state index >= 15 is 0 Å². The van der Waals surface area contributed by atoms with Crippen molar-refractivity contribution in [2.75, 3.05) is 29.9 Å². The van der Waals surface area contributed by atoms with Crippen LogP contribution in [0.5, 0.6) is 0 Å². The molecule has 1 saturated heterocycles. The summed E-state index contributed by atoms with van der Waals surface area (Å²) in [6.07, 6.45) is 3.09. The van der Waals surface area contributed by atoms with Crippen LogP contribution in [0.15, 0.2) is 42.5 Å². The van der Waals surface area contributed by atoms with Crippen molar-refractivity contribution >= 4 is 23.2 Å². The number of rotatable bonds is 4. The fraction of sp³-hybridized carbons (Fsp3) is 0.417. The second kappa shape index (κ2) is 8.27. The molecule has 2 aromatic rings. The second-order valence-corrected chi connectivity index (χ2v) is 8.32. The maximum Gasteiger partial charge on any atom is 0.256 e. The van der Waals surface area contributed by atoms with Crippen LogP contribution in [0, 0.1) is 5.92 Å². The lowest BCUT2D eigenvalue weighted by molar-refractivity contribution is -0.118. The maximum absolute atomic E-state index is 13.3. The topological polar surface area (TPSA) is 52.7 Å². The van der Waals surface area contributed by atoms with Gasteiger partial charge in [-0.2, -0.15) is 0 Å². The van der Waals surface area contributed by atoms with Gasteiger partial charge in [-0.3, -0.25) is 9.59 Å². The van der Waals surface area contributed by atoms with Crippen LogP contribution in [0.1, 0.15) is 48.2 Å². The molecule has 2 amide bonds. The van der Waals surface area contributed by atoms with Gasteiger partial charge < -0.3 is 15.1 Å². The van der Waals surface area contributed by atoms with E-state index in [0.29, 0.717) is 11.3 Å². The van der Waals surface area contributed by atoms with Crippen LogP contribution in [-0.4, -0.2) is 36.3 Å². The number of benzene rings is 2. The lowest BCUT2D eigenvalue weighted by Gasteiger charge is -2.33. The smallest absolute Gasteiger partial charge is 0.256 e. The van der Waals surface area contributed by atoms with E-state index in [4.69, 9.17) is 0 Å². The summed E-state index contributed by atoms with van der Waals surface area (Å²) in [6.45, 7) is 7.03. The highest BCUT2D eigenvalue weighted by Crippen LogP contribution is 2.31. The molecule has 4 rings (SSSR count). The molecule has 0 radical (unpaired) electrons. The fourth-order valence-corrected chi connectivity index (χ4v) is 4.14. The molecule has 0 saturated carbocycles. The number of anilines is 2. The van der Waals surface area contributed by atoms with Crippen LogP contribution in [0.4, 0.5) is 11.4 Å². The SMILES string of the molecule is CC(C)C(=O)Nc1ccc(N2CCc3ccccc3C2)c(C(=O)N2CCCC2)c1. The summed E-state index contributed by atoms with van der Waals surface area (Å²) in [5.74, 6) is -0.0766. The van der Waals surface area contributed by atoms with E-state index in [1.165, 1.54) is 11.1 Å². The average molecular weight is 392 g/mol. The zero-order valence-corrected chi connectivity index (χ0v) is 17.3. The first-order valence-electron chi connectivity index (χ1n) is 10.6. The number of nitrogens with zero attached hydrogens (tertiary/aromatic N) is 2. The number of hydrogen-bond donors (Lipinski definition) is 1. The van der Waals surface area contributed by atoms with E-state index in [9.17, 15) is 9.59 Å². The molecule has 5 nitrogen and oxygen atoms in total. The second-order valence-electron chi connectivity index (χ2n) is 8.32. The van der Waals surface area contributed by atoms with Crippen LogP contribution in [-0.2, 0) is 17.8 Å².